The maximum absolute atomic E-state index is 13.6. The number of hydrogen-bond acceptors (Lipinski definition) is 5. The molecular formula is C18H18FN5O2. The van der Waals surface area contributed by atoms with E-state index >= 15 is 0 Å². The second-order valence-electron chi connectivity index (χ2n) is 6.21. The van der Waals surface area contributed by atoms with Crippen LogP contribution in [0.4, 0.5) is 10.2 Å². The van der Waals surface area contributed by atoms with Crippen LogP contribution in [0.15, 0.2) is 36.5 Å². The van der Waals surface area contributed by atoms with Gasteiger partial charge in [0, 0.05) is 12.7 Å². The molecule has 0 saturated carbocycles. The number of aromatic nitrogens is 3. The minimum Gasteiger partial charge on any atom is -0.479 e. The maximum Gasteiger partial charge on any atom is 0.258 e. The Bertz CT molecular complexity index is 987. The summed E-state index contributed by atoms with van der Waals surface area (Å²) in [6.45, 7) is 0.793. The number of hydrogen-bond donors (Lipinski definition) is 1. The average molecular weight is 355 g/mol. The van der Waals surface area contributed by atoms with Gasteiger partial charge in [0.05, 0.1) is 13.2 Å². The zero-order valence-corrected chi connectivity index (χ0v) is 14.2. The molecule has 134 valence electrons. The summed E-state index contributed by atoms with van der Waals surface area (Å²) < 4.78 is 20.2. The molecule has 26 heavy (non-hydrogen) atoms. The molecule has 0 spiro atoms. The first kappa shape index (κ1) is 16.3. The molecule has 0 radical (unpaired) electrons. The van der Waals surface area contributed by atoms with Crippen LogP contribution in [0.2, 0.25) is 0 Å². The number of nitrogens with two attached hydrogens (primary N) is 1. The number of carbonyl (C=O) groups is 1. The molecule has 1 unspecified atom stereocenters. The molecule has 0 bridgehead atoms. The molecule has 1 aliphatic heterocycles. The van der Waals surface area contributed by atoms with Gasteiger partial charge in [0.2, 0.25) is 5.88 Å². The SMILES string of the molecule is COc1nn2ccc(N3CCCC3c3cccc(F)c3)nc2c1C(N)=O. The molecule has 1 amide bonds. The Labute approximate surface area is 149 Å². The van der Waals surface area contributed by atoms with Crippen LogP contribution in [0, 0.1) is 5.82 Å². The lowest BCUT2D eigenvalue weighted by Crippen LogP contribution is -2.24. The van der Waals surface area contributed by atoms with Crippen molar-refractivity contribution in [1.29, 1.82) is 0 Å². The van der Waals surface area contributed by atoms with E-state index in [0.717, 1.165) is 24.9 Å². The van der Waals surface area contributed by atoms with Crippen LogP contribution in [0.3, 0.4) is 0 Å². The predicted molar refractivity (Wildman–Crippen MR) is 93.8 cm³/mol. The summed E-state index contributed by atoms with van der Waals surface area (Å²) in [7, 11) is 1.43. The molecule has 1 atom stereocenters. The van der Waals surface area contributed by atoms with E-state index in [2.05, 4.69) is 15.0 Å². The second-order valence-corrected chi connectivity index (χ2v) is 6.21. The highest BCUT2D eigenvalue weighted by atomic mass is 19.1. The molecule has 2 N–H and O–H groups in total. The van der Waals surface area contributed by atoms with Gasteiger partial charge in [-0.05, 0) is 36.6 Å². The highest BCUT2D eigenvalue weighted by Crippen LogP contribution is 2.36. The van der Waals surface area contributed by atoms with Crippen molar-refractivity contribution in [2.45, 2.75) is 18.9 Å². The van der Waals surface area contributed by atoms with Crippen molar-refractivity contribution in [3.05, 3.63) is 53.5 Å². The molecular weight excluding hydrogens is 337 g/mol. The van der Waals surface area contributed by atoms with Crippen molar-refractivity contribution in [2.75, 3.05) is 18.6 Å². The molecule has 8 heteroatoms. The first-order valence-electron chi connectivity index (χ1n) is 8.34. The standard InChI is InChI=1S/C18H18FN5O2/c1-26-18-15(16(20)25)17-21-14(7-9-24(17)22-18)23-8-3-6-13(23)11-4-2-5-12(19)10-11/h2,4-5,7,9-10,13H,3,6,8H2,1H3,(H2,20,25). The van der Waals surface area contributed by atoms with Gasteiger partial charge in [-0.25, -0.2) is 13.9 Å². The molecule has 1 aliphatic rings. The van der Waals surface area contributed by atoms with Gasteiger partial charge in [-0.2, -0.15) is 0 Å². The van der Waals surface area contributed by atoms with Gasteiger partial charge < -0.3 is 15.4 Å². The monoisotopic (exact) mass is 355 g/mol. The highest BCUT2D eigenvalue weighted by molar-refractivity contribution is 6.01. The number of carbonyl (C=O) groups excluding carboxylic acids is 1. The van der Waals surface area contributed by atoms with Gasteiger partial charge >= 0.3 is 0 Å². The zero-order valence-electron chi connectivity index (χ0n) is 14.2. The van der Waals surface area contributed by atoms with Gasteiger partial charge in [0.25, 0.3) is 5.91 Å². The van der Waals surface area contributed by atoms with Gasteiger partial charge in [-0.1, -0.05) is 12.1 Å². The first-order valence-corrected chi connectivity index (χ1v) is 8.34. The average Bonchev–Trinajstić information content (AvgIpc) is 3.25. The fraction of sp³-hybridized carbons (Fsp3) is 0.278. The highest BCUT2D eigenvalue weighted by Gasteiger charge is 2.28. The lowest BCUT2D eigenvalue weighted by molar-refractivity contribution is 0.0998. The van der Waals surface area contributed by atoms with Crippen LogP contribution in [-0.4, -0.2) is 34.2 Å². The number of primary amides is 1. The van der Waals surface area contributed by atoms with E-state index in [9.17, 15) is 9.18 Å². The molecule has 3 aromatic rings. The number of amides is 1. The molecule has 1 aromatic carbocycles. The fourth-order valence-electron chi connectivity index (χ4n) is 3.52. The zero-order chi connectivity index (χ0) is 18.3. The maximum atomic E-state index is 13.6. The summed E-state index contributed by atoms with van der Waals surface area (Å²) in [5.74, 6) is -0.0709. The molecule has 7 nitrogen and oxygen atoms in total. The van der Waals surface area contributed by atoms with Gasteiger partial charge in [-0.15, -0.1) is 5.10 Å². The minimum absolute atomic E-state index is 0.0301. The second kappa shape index (κ2) is 6.29. The fourth-order valence-corrected chi connectivity index (χ4v) is 3.52. The molecule has 1 saturated heterocycles. The summed E-state index contributed by atoms with van der Waals surface area (Å²) >= 11 is 0. The Morgan fingerprint density at radius 1 is 1.38 bits per heavy atom. The number of ether oxygens (including phenoxy) is 1. The smallest absolute Gasteiger partial charge is 0.258 e. The van der Waals surface area contributed by atoms with Crippen molar-refractivity contribution in [2.24, 2.45) is 5.73 Å². The number of methoxy groups -OCH3 is 1. The van der Waals surface area contributed by atoms with E-state index in [4.69, 9.17) is 10.5 Å². The van der Waals surface area contributed by atoms with E-state index in [1.165, 1.54) is 17.7 Å². The topological polar surface area (TPSA) is 85.8 Å². The third-order valence-corrected chi connectivity index (χ3v) is 4.66. The Balaban J connectivity index is 1.78. The number of nitrogens with zero attached hydrogens (tertiary/aromatic N) is 4. The van der Waals surface area contributed by atoms with Crippen LogP contribution < -0.4 is 15.4 Å². The van der Waals surface area contributed by atoms with Gasteiger partial charge in [0.15, 0.2) is 5.65 Å². The third-order valence-electron chi connectivity index (χ3n) is 4.66. The number of anilines is 1. The van der Waals surface area contributed by atoms with Crippen LogP contribution in [0.5, 0.6) is 5.88 Å². The van der Waals surface area contributed by atoms with E-state index in [1.54, 1.807) is 18.3 Å². The van der Waals surface area contributed by atoms with E-state index < -0.39 is 5.91 Å². The van der Waals surface area contributed by atoms with Crippen molar-refractivity contribution in [3.63, 3.8) is 0 Å². The Morgan fingerprint density at radius 2 is 2.23 bits per heavy atom. The van der Waals surface area contributed by atoms with Crippen molar-refractivity contribution < 1.29 is 13.9 Å². The van der Waals surface area contributed by atoms with Crippen LogP contribution in [0.1, 0.15) is 34.8 Å². The van der Waals surface area contributed by atoms with E-state index in [1.807, 2.05) is 12.1 Å². The lowest BCUT2D eigenvalue weighted by Gasteiger charge is -2.26. The predicted octanol–water partition coefficient (Wildman–Crippen LogP) is 2.32. The third kappa shape index (κ3) is 2.63. The molecule has 4 rings (SSSR count). The quantitative estimate of drug-likeness (QED) is 0.776. The Hall–Kier alpha value is -3.16. The summed E-state index contributed by atoms with van der Waals surface area (Å²) in [4.78, 5) is 18.5. The van der Waals surface area contributed by atoms with Crippen LogP contribution in [-0.2, 0) is 0 Å². The number of fused-ring (bicyclic) bond motifs is 1. The Kier molecular flexibility index (Phi) is 3.95. The molecule has 1 fully saturated rings. The number of benzene rings is 1. The summed E-state index contributed by atoms with van der Waals surface area (Å²) in [6.07, 6.45) is 3.59. The van der Waals surface area contributed by atoms with Gasteiger partial charge in [-0.3, -0.25) is 4.79 Å². The largest absolute Gasteiger partial charge is 0.479 e. The summed E-state index contributed by atoms with van der Waals surface area (Å²) in [5.41, 5.74) is 6.87. The van der Waals surface area contributed by atoms with Crippen molar-refractivity contribution in [1.82, 2.24) is 14.6 Å². The van der Waals surface area contributed by atoms with Crippen LogP contribution >= 0.6 is 0 Å². The van der Waals surface area contributed by atoms with Crippen LogP contribution in [0.25, 0.3) is 5.65 Å². The Morgan fingerprint density at radius 3 is 2.96 bits per heavy atom. The van der Waals surface area contributed by atoms with Gasteiger partial charge in [0.1, 0.15) is 17.2 Å². The first-order chi connectivity index (χ1) is 12.6. The minimum atomic E-state index is -0.649. The lowest BCUT2D eigenvalue weighted by atomic mass is 10.0. The van der Waals surface area contributed by atoms with Crippen molar-refractivity contribution >= 4 is 17.4 Å². The summed E-state index contributed by atoms with van der Waals surface area (Å²) in [5, 5.41) is 4.17. The van der Waals surface area contributed by atoms with Crippen molar-refractivity contribution in [3.8, 4) is 5.88 Å². The molecule has 0 aliphatic carbocycles. The van der Waals surface area contributed by atoms with E-state index in [-0.39, 0.29) is 23.3 Å². The van der Waals surface area contributed by atoms with E-state index in [0.29, 0.717) is 11.5 Å². The summed E-state index contributed by atoms with van der Waals surface area (Å²) in [6, 6.07) is 8.47. The molecule has 2 aromatic heterocycles. The molecule has 3 heterocycles. The number of rotatable bonds is 4. The normalized spacial score (nSPS) is 17.0. The number of halogens is 1.